The number of carbonyl (C=O) groups excluding carboxylic acids is 1. The SMILES string of the molecule is O=C(O)C(F)(F)F.O=C1N(CC2CCCO2)c2ccccc2C12CCN(Cc1ccco1)CC2. The third-order valence-corrected chi connectivity index (χ3v) is 6.69. The van der Waals surface area contributed by atoms with Gasteiger partial charge in [-0.25, -0.2) is 4.79 Å². The number of hydrogen-bond donors (Lipinski definition) is 1. The predicted octanol–water partition coefficient (Wildman–Crippen LogP) is 3.97. The van der Waals surface area contributed by atoms with Crippen LogP contribution in [0.1, 0.15) is 37.0 Å². The Bertz CT molecular complexity index is 994. The van der Waals surface area contributed by atoms with Crippen molar-refractivity contribution in [2.75, 3.05) is 31.1 Å². The lowest BCUT2D eigenvalue weighted by Gasteiger charge is -2.38. The van der Waals surface area contributed by atoms with Gasteiger partial charge in [-0.15, -0.1) is 0 Å². The van der Waals surface area contributed by atoms with Gasteiger partial charge in [-0.2, -0.15) is 13.2 Å². The molecular formula is C24H27F3N2O5. The maximum atomic E-state index is 13.6. The molecule has 1 spiro atoms. The summed E-state index contributed by atoms with van der Waals surface area (Å²) >= 11 is 0. The normalized spacial score (nSPS) is 21.9. The average molecular weight is 480 g/mol. The molecule has 1 atom stereocenters. The smallest absolute Gasteiger partial charge is 0.475 e. The minimum atomic E-state index is -5.08. The van der Waals surface area contributed by atoms with E-state index in [4.69, 9.17) is 19.1 Å². The van der Waals surface area contributed by atoms with Gasteiger partial charge in [-0.3, -0.25) is 9.69 Å². The fourth-order valence-electron chi connectivity index (χ4n) is 4.97. The molecule has 1 amide bonds. The number of hydrogen-bond acceptors (Lipinski definition) is 5. The lowest BCUT2D eigenvalue weighted by atomic mass is 9.73. The van der Waals surface area contributed by atoms with E-state index in [-0.39, 0.29) is 17.4 Å². The van der Waals surface area contributed by atoms with Crippen molar-refractivity contribution in [2.24, 2.45) is 0 Å². The van der Waals surface area contributed by atoms with Crippen LogP contribution >= 0.6 is 0 Å². The number of carboxylic acids is 1. The molecule has 1 aromatic heterocycles. The van der Waals surface area contributed by atoms with Crippen molar-refractivity contribution >= 4 is 17.6 Å². The molecule has 4 heterocycles. The molecular weight excluding hydrogens is 453 g/mol. The molecule has 2 fully saturated rings. The molecule has 184 valence electrons. The third-order valence-electron chi connectivity index (χ3n) is 6.69. The van der Waals surface area contributed by atoms with E-state index in [9.17, 15) is 18.0 Å². The number of nitrogens with zero attached hydrogens (tertiary/aromatic N) is 2. The number of anilines is 1. The summed E-state index contributed by atoms with van der Waals surface area (Å²) in [5.41, 5.74) is 1.94. The molecule has 2 aromatic rings. The number of furan rings is 1. The minimum absolute atomic E-state index is 0.177. The molecule has 7 nitrogen and oxygen atoms in total. The summed E-state index contributed by atoms with van der Waals surface area (Å²) in [4.78, 5) is 26.9. The number of likely N-dealkylation sites (tertiary alicyclic amines) is 1. The number of piperidine rings is 1. The number of fused-ring (bicyclic) bond motifs is 2. The molecule has 3 aliphatic rings. The molecule has 34 heavy (non-hydrogen) atoms. The first-order valence-corrected chi connectivity index (χ1v) is 11.3. The number of amides is 1. The largest absolute Gasteiger partial charge is 0.490 e. The number of alkyl halides is 3. The first-order chi connectivity index (χ1) is 16.2. The van der Waals surface area contributed by atoms with Gasteiger partial charge >= 0.3 is 12.1 Å². The van der Waals surface area contributed by atoms with Gasteiger partial charge in [0, 0.05) is 12.3 Å². The number of para-hydroxylation sites is 1. The van der Waals surface area contributed by atoms with Crippen LogP contribution in [-0.4, -0.2) is 60.4 Å². The highest BCUT2D eigenvalue weighted by molar-refractivity contribution is 6.08. The van der Waals surface area contributed by atoms with E-state index in [0.717, 1.165) is 63.4 Å². The van der Waals surface area contributed by atoms with E-state index in [2.05, 4.69) is 23.1 Å². The average Bonchev–Trinajstić information content (AvgIpc) is 3.55. The molecule has 3 aliphatic heterocycles. The van der Waals surface area contributed by atoms with Crippen molar-refractivity contribution in [3.63, 3.8) is 0 Å². The maximum Gasteiger partial charge on any atom is 0.490 e. The Hall–Kier alpha value is -2.85. The van der Waals surface area contributed by atoms with Crippen molar-refractivity contribution in [2.45, 2.75) is 49.9 Å². The van der Waals surface area contributed by atoms with Gasteiger partial charge in [0.1, 0.15) is 5.76 Å². The second-order valence-electron chi connectivity index (χ2n) is 8.81. The van der Waals surface area contributed by atoms with Crippen LogP contribution in [0, 0.1) is 0 Å². The summed E-state index contributed by atoms with van der Waals surface area (Å²) in [6.07, 6.45) is 0.700. The molecule has 0 radical (unpaired) electrons. The topological polar surface area (TPSA) is 83.2 Å². The maximum absolute atomic E-state index is 13.6. The Kier molecular flexibility index (Phi) is 6.99. The Balaban J connectivity index is 0.000000344. The highest BCUT2D eigenvalue weighted by atomic mass is 19.4. The van der Waals surface area contributed by atoms with Crippen LogP contribution < -0.4 is 4.90 Å². The zero-order valence-corrected chi connectivity index (χ0v) is 18.6. The second-order valence-corrected chi connectivity index (χ2v) is 8.81. The van der Waals surface area contributed by atoms with E-state index in [1.807, 2.05) is 23.1 Å². The first-order valence-electron chi connectivity index (χ1n) is 11.3. The molecule has 0 saturated carbocycles. The highest BCUT2D eigenvalue weighted by Crippen LogP contribution is 2.48. The van der Waals surface area contributed by atoms with Gasteiger partial charge in [-0.1, -0.05) is 18.2 Å². The van der Waals surface area contributed by atoms with E-state index in [1.54, 1.807) is 6.26 Å². The Morgan fingerprint density at radius 1 is 1.15 bits per heavy atom. The molecule has 1 unspecified atom stereocenters. The van der Waals surface area contributed by atoms with Crippen molar-refractivity contribution < 1.29 is 37.0 Å². The number of ether oxygens (including phenoxy) is 1. The summed E-state index contributed by atoms with van der Waals surface area (Å²) in [6, 6.07) is 12.3. The van der Waals surface area contributed by atoms with Gasteiger partial charge in [0.05, 0.1) is 30.9 Å². The number of carboxylic acid groups (broad SMARTS) is 1. The molecule has 0 bridgehead atoms. The first kappa shape index (κ1) is 24.3. The summed E-state index contributed by atoms with van der Waals surface area (Å²) in [6.45, 7) is 4.15. The Morgan fingerprint density at radius 3 is 2.44 bits per heavy atom. The zero-order chi connectivity index (χ0) is 24.3. The Labute approximate surface area is 195 Å². The fourth-order valence-corrected chi connectivity index (χ4v) is 4.97. The number of halogens is 3. The minimum Gasteiger partial charge on any atom is -0.475 e. The lowest BCUT2D eigenvalue weighted by Crippen LogP contribution is -2.49. The summed E-state index contributed by atoms with van der Waals surface area (Å²) in [5.74, 6) is -1.49. The van der Waals surface area contributed by atoms with Crippen LogP contribution in [0.3, 0.4) is 0 Å². The number of carbonyl (C=O) groups is 2. The highest BCUT2D eigenvalue weighted by Gasteiger charge is 2.52. The van der Waals surface area contributed by atoms with Crippen LogP contribution in [0.15, 0.2) is 47.1 Å². The van der Waals surface area contributed by atoms with Gasteiger partial charge in [0.15, 0.2) is 0 Å². The monoisotopic (exact) mass is 480 g/mol. The van der Waals surface area contributed by atoms with Crippen LogP contribution in [0.4, 0.5) is 18.9 Å². The Morgan fingerprint density at radius 2 is 1.85 bits per heavy atom. The zero-order valence-electron chi connectivity index (χ0n) is 18.6. The second kappa shape index (κ2) is 9.79. The van der Waals surface area contributed by atoms with Crippen LogP contribution in [0.5, 0.6) is 0 Å². The summed E-state index contributed by atoms with van der Waals surface area (Å²) in [7, 11) is 0. The van der Waals surface area contributed by atoms with E-state index in [0.29, 0.717) is 6.54 Å². The van der Waals surface area contributed by atoms with Gasteiger partial charge in [0.25, 0.3) is 0 Å². The van der Waals surface area contributed by atoms with E-state index >= 15 is 0 Å². The molecule has 2 saturated heterocycles. The third kappa shape index (κ3) is 4.97. The van der Waals surface area contributed by atoms with E-state index in [1.165, 1.54) is 5.56 Å². The number of rotatable bonds is 4. The quantitative estimate of drug-likeness (QED) is 0.713. The van der Waals surface area contributed by atoms with Crippen molar-refractivity contribution in [3.05, 3.63) is 54.0 Å². The predicted molar refractivity (Wildman–Crippen MR) is 116 cm³/mol. The standard InChI is InChI=1S/C22H26N2O3.C2HF3O2/c25-21-22(9-11-23(12-10-22)15-17-5-3-13-26-17)19-7-1-2-8-20(19)24(21)16-18-6-4-14-27-18;3-2(4,5)1(6)7/h1-3,5,7-8,13,18H,4,6,9-12,14-16H2;(H,6,7). The summed E-state index contributed by atoms with van der Waals surface area (Å²) in [5, 5.41) is 7.12. The van der Waals surface area contributed by atoms with Gasteiger partial charge < -0.3 is 19.2 Å². The molecule has 0 aliphatic carbocycles. The molecule has 5 rings (SSSR count). The number of benzene rings is 1. The van der Waals surface area contributed by atoms with Gasteiger partial charge in [0.2, 0.25) is 5.91 Å². The summed E-state index contributed by atoms with van der Waals surface area (Å²) < 4.78 is 43.0. The molecule has 1 aromatic carbocycles. The van der Waals surface area contributed by atoms with Crippen LogP contribution in [0.25, 0.3) is 0 Å². The lowest BCUT2D eigenvalue weighted by molar-refractivity contribution is -0.192. The fraction of sp³-hybridized carbons (Fsp3) is 0.500. The van der Waals surface area contributed by atoms with Crippen LogP contribution in [0.2, 0.25) is 0 Å². The molecule has 10 heteroatoms. The number of aliphatic carboxylic acids is 1. The van der Waals surface area contributed by atoms with Crippen molar-refractivity contribution in [1.29, 1.82) is 0 Å². The van der Waals surface area contributed by atoms with Crippen molar-refractivity contribution in [3.8, 4) is 0 Å². The van der Waals surface area contributed by atoms with Crippen LogP contribution in [-0.2, 0) is 26.3 Å². The van der Waals surface area contributed by atoms with Crippen molar-refractivity contribution in [1.82, 2.24) is 4.90 Å². The molecule has 1 N–H and O–H groups in total. The van der Waals surface area contributed by atoms with E-state index < -0.39 is 12.1 Å². The van der Waals surface area contributed by atoms with Gasteiger partial charge in [-0.05, 0) is 62.5 Å².